The number of carbonyl (C=O) groups is 2. The van der Waals surface area contributed by atoms with E-state index in [0.29, 0.717) is 38.5 Å². The second kappa shape index (κ2) is 8.57. The number of fused-ring (bicyclic) bond motifs is 2. The molecule has 0 unspecified atom stereocenters. The minimum atomic E-state index is -4.52. The number of amides is 2. The Balaban J connectivity index is 1.23. The molecule has 1 saturated heterocycles. The molecule has 0 spiro atoms. The van der Waals surface area contributed by atoms with Gasteiger partial charge in [0.15, 0.2) is 0 Å². The summed E-state index contributed by atoms with van der Waals surface area (Å²) in [6, 6.07) is 4.97. The molecule has 1 aromatic rings. The summed E-state index contributed by atoms with van der Waals surface area (Å²) in [5.41, 5.74) is -1.08. The van der Waals surface area contributed by atoms with Crippen LogP contribution in [0.15, 0.2) is 24.3 Å². The van der Waals surface area contributed by atoms with Crippen LogP contribution in [0, 0.1) is 17.8 Å². The number of benzene rings is 1. The van der Waals surface area contributed by atoms with Crippen LogP contribution < -0.4 is 5.32 Å². The molecule has 3 atom stereocenters. The Morgan fingerprint density at radius 2 is 1.77 bits per heavy atom. The van der Waals surface area contributed by atoms with Crippen LogP contribution in [0.1, 0.15) is 37.7 Å². The molecule has 4 rings (SSSR count). The predicted molar refractivity (Wildman–Crippen MR) is 107 cm³/mol. The summed E-state index contributed by atoms with van der Waals surface area (Å²) in [5, 5.41) is 2.38. The predicted octanol–water partition coefficient (Wildman–Crippen LogP) is 3.61. The van der Waals surface area contributed by atoms with Crippen LogP contribution in [0.4, 0.5) is 18.9 Å². The Bertz CT molecular complexity index is 790. The number of nitrogens with one attached hydrogen (secondary N) is 1. The molecular weight excluding hydrogens is 395 g/mol. The van der Waals surface area contributed by atoms with Gasteiger partial charge in [0.1, 0.15) is 0 Å². The van der Waals surface area contributed by atoms with Gasteiger partial charge in [0.05, 0.1) is 17.8 Å². The van der Waals surface area contributed by atoms with E-state index in [-0.39, 0.29) is 18.1 Å². The Morgan fingerprint density at radius 3 is 2.40 bits per heavy atom. The lowest BCUT2D eigenvalue weighted by atomic mass is 9.86. The summed E-state index contributed by atoms with van der Waals surface area (Å²) in [7, 11) is 0. The van der Waals surface area contributed by atoms with Crippen molar-refractivity contribution < 1.29 is 22.8 Å². The molecule has 8 heteroatoms. The van der Waals surface area contributed by atoms with Crippen LogP contribution in [-0.4, -0.2) is 54.3 Å². The zero-order valence-corrected chi connectivity index (χ0v) is 17.0. The number of piperazine rings is 1. The van der Waals surface area contributed by atoms with Gasteiger partial charge in [-0.05, 0) is 49.1 Å². The molecule has 0 aromatic heterocycles. The molecule has 2 saturated carbocycles. The minimum Gasteiger partial charge on any atom is -0.340 e. The van der Waals surface area contributed by atoms with Gasteiger partial charge in [0.25, 0.3) is 0 Å². The largest absolute Gasteiger partial charge is 0.418 e. The fourth-order valence-corrected chi connectivity index (χ4v) is 5.37. The molecule has 3 fully saturated rings. The van der Waals surface area contributed by atoms with Gasteiger partial charge in [-0.1, -0.05) is 18.6 Å². The van der Waals surface area contributed by atoms with Crippen LogP contribution in [0.3, 0.4) is 0 Å². The molecule has 1 aromatic carbocycles. The lowest BCUT2D eigenvalue weighted by molar-refractivity contribution is -0.137. The number of hydrogen-bond acceptors (Lipinski definition) is 3. The number of nitrogens with zero attached hydrogens (tertiary/aromatic N) is 2. The maximum Gasteiger partial charge on any atom is 0.418 e. The standard InChI is InChI=1S/C22H28F3N3O2/c23-22(24,25)18-3-1-2-4-19(18)26-20(29)14-27-7-9-28(10-8-27)21(30)13-17-12-15-5-6-16(17)11-15/h1-4,15-17H,5-14H2,(H,26,29)/t15-,16+,17-/m0/s1. The summed E-state index contributed by atoms with van der Waals surface area (Å²) in [4.78, 5) is 28.7. The molecule has 1 aliphatic heterocycles. The van der Waals surface area contributed by atoms with E-state index in [4.69, 9.17) is 0 Å². The smallest absolute Gasteiger partial charge is 0.340 e. The van der Waals surface area contributed by atoms with Crippen molar-refractivity contribution in [1.29, 1.82) is 0 Å². The summed E-state index contributed by atoms with van der Waals surface area (Å²) >= 11 is 0. The first-order valence-electron chi connectivity index (χ1n) is 10.8. The second-order valence-corrected chi connectivity index (χ2v) is 8.89. The third-order valence-electron chi connectivity index (χ3n) is 6.92. The molecule has 1 N–H and O–H groups in total. The van der Waals surface area contributed by atoms with Crippen molar-refractivity contribution in [3.8, 4) is 0 Å². The summed E-state index contributed by atoms with van der Waals surface area (Å²) < 4.78 is 39.2. The molecule has 164 valence electrons. The fraction of sp³-hybridized carbons (Fsp3) is 0.636. The average molecular weight is 423 g/mol. The van der Waals surface area contributed by atoms with Crippen molar-refractivity contribution in [3.63, 3.8) is 0 Å². The van der Waals surface area contributed by atoms with Gasteiger partial charge in [-0.2, -0.15) is 13.2 Å². The van der Waals surface area contributed by atoms with E-state index in [1.54, 1.807) is 0 Å². The van der Waals surface area contributed by atoms with E-state index in [1.807, 2.05) is 9.80 Å². The number of alkyl halides is 3. The summed E-state index contributed by atoms with van der Waals surface area (Å²) in [6.07, 6.45) is 1.19. The quantitative estimate of drug-likeness (QED) is 0.787. The Hall–Kier alpha value is -2.09. The van der Waals surface area contributed by atoms with Crippen molar-refractivity contribution in [2.45, 2.75) is 38.3 Å². The lowest BCUT2D eigenvalue weighted by Gasteiger charge is -2.35. The summed E-state index contributed by atoms with van der Waals surface area (Å²) in [6.45, 7) is 2.24. The maximum absolute atomic E-state index is 13.1. The zero-order valence-electron chi connectivity index (χ0n) is 17.0. The fourth-order valence-electron chi connectivity index (χ4n) is 5.37. The molecule has 5 nitrogen and oxygen atoms in total. The highest BCUT2D eigenvalue weighted by atomic mass is 19.4. The van der Waals surface area contributed by atoms with E-state index in [1.165, 1.54) is 43.9 Å². The second-order valence-electron chi connectivity index (χ2n) is 8.89. The zero-order chi connectivity index (χ0) is 21.3. The van der Waals surface area contributed by atoms with E-state index >= 15 is 0 Å². The first kappa shape index (κ1) is 21.2. The Morgan fingerprint density at radius 1 is 1.03 bits per heavy atom. The third-order valence-corrected chi connectivity index (χ3v) is 6.92. The lowest BCUT2D eigenvalue weighted by Crippen LogP contribution is -2.50. The Labute approximate surface area is 174 Å². The van der Waals surface area contributed by atoms with E-state index < -0.39 is 17.6 Å². The van der Waals surface area contributed by atoms with Crippen molar-refractivity contribution >= 4 is 17.5 Å². The van der Waals surface area contributed by atoms with Crippen LogP contribution in [0.2, 0.25) is 0 Å². The molecule has 2 aliphatic carbocycles. The monoisotopic (exact) mass is 423 g/mol. The SMILES string of the molecule is O=C(CN1CCN(C(=O)C[C@@H]2C[C@H]3CC[C@@H]2C3)CC1)Nc1ccccc1C(F)(F)F. The Kier molecular flexibility index (Phi) is 6.04. The minimum absolute atomic E-state index is 0.0145. The van der Waals surface area contributed by atoms with E-state index in [0.717, 1.165) is 17.9 Å². The van der Waals surface area contributed by atoms with Crippen molar-refractivity contribution in [3.05, 3.63) is 29.8 Å². The van der Waals surface area contributed by atoms with Gasteiger partial charge in [-0.25, -0.2) is 0 Å². The topological polar surface area (TPSA) is 52.7 Å². The number of hydrogen-bond donors (Lipinski definition) is 1. The van der Waals surface area contributed by atoms with Crippen LogP contribution >= 0.6 is 0 Å². The maximum atomic E-state index is 13.1. The molecule has 3 aliphatic rings. The number of carbonyl (C=O) groups excluding carboxylic acids is 2. The molecule has 2 bridgehead atoms. The molecule has 1 heterocycles. The molecular formula is C22H28F3N3O2. The van der Waals surface area contributed by atoms with Crippen LogP contribution in [0.5, 0.6) is 0 Å². The molecule has 2 amide bonds. The van der Waals surface area contributed by atoms with E-state index in [2.05, 4.69) is 5.32 Å². The highest BCUT2D eigenvalue weighted by molar-refractivity contribution is 5.93. The van der Waals surface area contributed by atoms with Crippen molar-refractivity contribution in [1.82, 2.24) is 9.80 Å². The van der Waals surface area contributed by atoms with E-state index in [9.17, 15) is 22.8 Å². The van der Waals surface area contributed by atoms with Crippen molar-refractivity contribution in [2.24, 2.45) is 17.8 Å². The van der Waals surface area contributed by atoms with Gasteiger partial charge in [-0.15, -0.1) is 0 Å². The van der Waals surface area contributed by atoms with Gasteiger partial charge < -0.3 is 10.2 Å². The van der Waals surface area contributed by atoms with Crippen LogP contribution in [0.25, 0.3) is 0 Å². The average Bonchev–Trinajstić information content (AvgIpc) is 3.31. The highest BCUT2D eigenvalue weighted by Crippen LogP contribution is 2.49. The normalized spacial score (nSPS) is 26.8. The summed E-state index contributed by atoms with van der Waals surface area (Å²) in [5.74, 6) is 1.81. The number of para-hydroxylation sites is 1. The van der Waals surface area contributed by atoms with Crippen LogP contribution in [-0.2, 0) is 15.8 Å². The van der Waals surface area contributed by atoms with Crippen molar-refractivity contribution in [2.75, 3.05) is 38.0 Å². The van der Waals surface area contributed by atoms with Gasteiger partial charge in [-0.3, -0.25) is 14.5 Å². The number of rotatable bonds is 5. The third kappa shape index (κ3) is 4.79. The van der Waals surface area contributed by atoms with Gasteiger partial charge in [0, 0.05) is 32.6 Å². The molecule has 30 heavy (non-hydrogen) atoms. The first-order chi connectivity index (χ1) is 14.3. The number of halogens is 3. The van der Waals surface area contributed by atoms with Gasteiger partial charge in [0.2, 0.25) is 11.8 Å². The van der Waals surface area contributed by atoms with Gasteiger partial charge >= 0.3 is 6.18 Å². The highest BCUT2D eigenvalue weighted by Gasteiger charge is 2.41. The number of anilines is 1. The first-order valence-corrected chi connectivity index (χ1v) is 10.8. The molecule has 0 radical (unpaired) electrons.